The molecule has 2 aliphatic rings. The van der Waals surface area contributed by atoms with Crippen molar-refractivity contribution in [2.24, 2.45) is 0 Å². The first-order chi connectivity index (χ1) is 15.9. The summed E-state index contributed by atoms with van der Waals surface area (Å²) >= 11 is 0. The number of hydrogen-bond donors (Lipinski definition) is 4. The van der Waals surface area contributed by atoms with Crippen LogP contribution >= 0.6 is 0 Å². The van der Waals surface area contributed by atoms with Crippen LogP contribution in [0.25, 0.3) is 11.1 Å². The fraction of sp³-hybridized carbons (Fsp3) is 0.375. The van der Waals surface area contributed by atoms with Crippen molar-refractivity contribution in [3.05, 3.63) is 59.7 Å². The molecule has 33 heavy (non-hydrogen) atoms. The van der Waals surface area contributed by atoms with Crippen LogP contribution in [0, 0.1) is 0 Å². The van der Waals surface area contributed by atoms with Gasteiger partial charge < -0.3 is 30.3 Å². The van der Waals surface area contributed by atoms with Crippen LogP contribution in [-0.2, 0) is 19.1 Å². The van der Waals surface area contributed by atoms with Gasteiger partial charge in [0, 0.05) is 32.0 Å². The normalized spacial score (nSPS) is 17.4. The Balaban J connectivity index is 1.47. The highest BCUT2D eigenvalue weighted by Crippen LogP contribution is 2.44. The Morgan fingerprint density at radius 1 is 1.03 bits per heavy atom. The summed E-state index contributed by atoms with van der Waals surface area (Å²) in [4.78, 5) is 36.9. The molecule has 174 valence electrons. The molecular weight excluding hydrogens is 428 g/mol. The number of carbonyl (C=O) groups is 3. The van der Waals surface area contributed by atoms with Gasteiger partial charge in [-0.2, -0.15) is 0 Å². The first-order valence-electron chi connectivity index (χ1n) is 10.8. The van der Waals surface area contributed by atoms with E-state index in [1.807, 2.05) is 48.5 Å². The molecule has 0 radical (unpaired) electrons. The summed E-state index contributed by atoms with van der Waals surface area (Å²) < 4.78 is 10.9. The summed E-state index contributed by atoms with van der Waals surface area (Å²) in [5, 5.41) is 23.3. The Bertz CT molecular complexity index is 1000. The monoisotopic (exact) mass is 454 g/mol. The van der Waals surface area contributed by atoms with Gasteiger partial charge in [0.05, 0.1) is 6.61 Å². The number of hydrogen-bond acceptors (Lipinski definition) is 6. The van der Waals surface area contributed by atoms with Crippen LogP contribution in [0.2, 0.25) is 0 Å². The average Bonchev–Trinajstić information content (AvgIpc) is 3.15. The number of alkyl carbamates (subject to hydrolysis) is 1. The molecule has 2 aromatic carbocycles. The highest BCUT2D eigenvalue weighted by Gasteiger charge is 2.43. The lowest BCUT2D eigenvalue weighted by molar-refractivity contribution is -0.145. The number of nitrogens with one attached hydrogen (secondary N) is 2. The zero-order chi connectivity index (χ0) is 23.4. The minimum absolute atomic E-state index is 0.0858. The van der Waals surface area contributed by atoms with E-state index in [2.05, 4.69) is 10.6 Å². The van der Waals surface area contributed by atoms with E-state index in [4.69, 9.17) is 14.6 Å². The van der Waals surface area contributed by atoms with Crippen LogP contribution in [0.15, 0.2) is 48.5 Å². The Morgan fingerprint density at radius 3 is 2.15 bits per heavy atom. The Hall–Kier alpha value is -3.43. The van der Waals surface area contributed by atoms with E-state index in [0.717, 1.165) is 22.3 Å². The van der Waals surface area contributed by atoms with E-state index < -0.39 is 36.2 Å². The molecule has 1 aliphatic carbocycles. The number of carbonyl (C=O) groups excluding carboxylic acids is 2. The lowest BCUT2D eigenvalue weighted by Crippen LogP contribution is -2.63. The van der Waals surface area contributed by atoms with Gasteiger partial charge >= 0.3 is 12.1 Å². The number of amides is 2. The van der Waals surface area contributed by atoms with Gasteiger partial charge in [-0.3, -0.25) is 4.79 Å². The second-order valence-corrected chi connectivity index (χ2v) is 8.19. The summed E-state index contributed by atoms with van der Waals surface area (Å²) in [7, 11) is 0. The first kappa shape index (κ1) is 22.8. The number of rotatable bonds is 7. The van der Waals surface area contributed by atoms with Gasteiger partial charge in [-0.1, -0.05) is 48.5 Å². The third kappa shape index (κ3) is 4.55. The van der Waals surface area contributed by atoms with Crippen LogP contribution in [0.3, 0.4) is 0 Å². The van der Waals surface area contributed by atoms with Crippen LogP contribution in [0.4, 0.5) is 4.79 Å². The summed E-state index contributed by atoms with van der Waals surface area (Å²) in [6.07, 6.45) is -0.466. The van der Waals surface area contributed by atoms with Gasteiger partial charge in [0.1, 0.15) is 18.2 Å². The largest absolute Gasteiger partial charge is 0.480 e. The lowest BCUT2D eigenvalue weighted by atomic mass is 9.88. The SMILES string of the molecule is O=C(NC1(C(=O)N[C@H](CO)C(=O)O)CCOCC1)OCC1c2ccccc2-c2ccccc21. The number of ether oxygens (including phenoxy) is 2. The zero-order valence-electron chi connectivity index (χ0n) is 18.0. The van der Waals surface area contributed by atoms with E-state index >= 15 is 0 Å². The van der Waals surface area contributed by atoms with Crippen molar-refractivity contribution in [3.63, 3.8) is 0 Å². The standard InChI is InChI=1S/C24H26N2O7/c27-13-20(21(28)29)25-22(30)24(9-11-32-12-10-24)26-23(31)33-14-19-17-7-3-1-5-15(17)16-6-2-4-8-18(16)19/h1-8,19-20,27H,9-14H2,(H,25,30)(H,26,31)(H,28,29)/t20-/m1/s1. The maximum Gasteiger partial charge on any atom is 0.408 e. The second-order valence-electron chi connectivity index (χ2n) is 8.19. The number of aliphatic carboxylic acids is 1. The number of aliphatic hydroxyl groups is 1. The Morgan fingerprint density at radius 2 is 1.61 bits per heavy atom. The molecule has 9 heteroatoms. The highest BCUT2D eigenvalue weighted by molar-refractivity contribution is 5.93. The molecule has 0 spiro atoms. The number of benzene rings is 2. The number of aliphatic hydroxyl groups excluding tert-OH is 1. The highest BCUT2D eigenvalue weighted by atomic mass is 16.5. The van der Waals surface area contributed by atoms with Gasteiger partial charge in [0.15, 0.2) is 0 Å². The first-order valence-corrected chi connectivity index (χ1v) is 10.8. The summed E-state index contributed by atoms with van der Waals surface area (Å²) in [5.41, 5.74) is 2.95. The number of fused-ring (bicyclic) bond motifs is 3. The van der Waals surface area contributed by atoms with Crippen molar-refractivity contribution >= 4 is 18.0 Å². The summed E-state index contributed by atoms with van der Waals surface area (Å²) in [6.45, 7) is -0.247. The molecule has 2 aromatic rings. The Kier molecular flexibility index (Phi) is 6.62. The van der Waals surface area contributed by atoms with Crippen molar-refractivity contribution in [2.45, 2.75) is 30.3 Å². The molecular formula is C24H26N2O7. The predicted molar refractivity (Wildman–Crippen MR) is 118 cm³/mol. The van der Waals surface area contributed by atoms with Crippen molar-refractivity contribution in [1.82, 2.24) is 10.6 Å². The molecule has 1 heterocycles. The molecule has 1 aliphatic heterocycles. The molecule has 1 saturated heterocycles. The van der Waals surface area contributed by atoms with Gasteiger partial charge in [0.25, 0.3) is 0 Å². The minimum atomic E-state index is -1.47. The maximum absolute atomic E-state index is 12.9. The Labute approximate surface area is 190 Å². The second kappa shape index (κ2) is 9.60. The van der Waals surface area contributed by atoms with Crippen molar-refractivity contribution < 1.29 is 34.1 Å². The van der Waals surface area contributed by atoms with Gasteiger partial charge in [-0.15, -0.1) is 0 Å². The molecule has 0 unspecified atom stereocenters. The molecule has 1 atom stereocenters. The van der Waals surface area contributed by atoms with E-state index in [1.54, 1.807) is 0 Å². The molecule has 4 rings (SSSR count). The lowest BCUT2D eigenvalue weighted by Gasteiger charge is -2.36. The number of carboxylic acid groups (broad SMARTS) is 1. The van der Waals surface area contributed by atoms with Crippen molar-refractivity contribution in [1.29, 1.82) is 0 Å². The van der Waals surface area contributed by atoms with E-state index in [-0.39, 0.29) is 38.6 Å². The molecule has 0 aromatic heterocycles. The molecule has 0 bridgehead atoms. The van der Waals surface area contributed by atoms with Crippen LogP contribution in [0.5, 0.6) is 0 Å². The van der Waals surface area contributed by atoms with Crippen LogP contribution < -0.4 is 10.6 Å². The zero-order valence-corrected chi connectivity index (χ0v) is 18.0. The smallest absolute Gasteiger partial charge is 0.408 e. The van der Waals surface area contributed by atoms with Crippen molar-refractivity contribution in [2.75, 3.05) is 26.4 Å². The summed E-state index contributed by atoms with van der Waals surface area (Å²) in [6, 6.07) is 14.4. The van der Waals surface area contributed by atoms with Gasteiger partial charge in [-0.05, 0) is 22.3 Å². The third-order valence-electron chi connectivity index (χ3n) is 6.25. The summed E-state index contributed by atoms with van der Waals surface area (Å²) in [5.74, 6) is -2.19. The third-order valence-corrected chi connectivity index (χ3v) is 6.25. The molecule has 9 nitrogen and oxygen atoms in total. The molecule has 0 saturated carbocycles. The topological polar surface area (TPSA) is 134 Å². The quantitative estimate of drug-likeness (QED) is 0.500. The number of carboxylic acids is 1. The molecule has 1 fully saturated rings. The molecule has 2 amide bonds. The maximum atomic E-state index is 12.9. The fourth-order valence-electron chi connectivity index (χ4n) is 4.44. The van der Waals surface area contributed by atoms with E-state index in [1.165, 1.54) is 0 Å². The van der Waals surface area contributed by atoms with Crippen molar-refractivity contribution in [3.8, 4) is 11.1 Å². The van der Waals surface area contributed by atoms with E-state index in [9.17, 15) is 19.5 Å². The minimum Gasteiger partial charge on any atom is -0.480 e. The van der Waals surface area contributed by atoms with Crippen LogP contribution in [0.1, 0.15) is 29.9 Å². The molecule has 4 N–H and O–H groups in total. The predicted octanol–water partition coefficient (Wildman–Crippen LogP) is 1.64. The van der Waals surface area contributed by atoms with Gasteiger partial charge in [0.2, 0.25) is 5.91 Å². The van der Waals surface area contributed by atoms with E-state index in [0.29, 0.717) is 0 Å². The van der Waals surface area contributed by atoms with Crippen LogP contribution in [-0.4, -0.2) is 66.2 Å². The average molecular weight is 454 g/mol. The van der Waals surface area contributed by atoms with Gasteiger partial charge in [-0.25, -0.2) is 9.59 Å². The fourth-order valence-corrected chi connectivity index (χ4v) is 4.44.